The van der Waals surface area contributed by atoms with Gasteiger partial charge in [0, 0.05) is 24.2 Å². The van der Waals surface area contributed by atoms with Crippen molar-refractivity contribution < 1.29 is 0 Å². The van der Waals surface area contributed by atoms with Gasteiger partial charge in [0.2, 0.25) is 0 Å². The summed E-state index contributed by atoms with van der Waals surface area (Å²) in [7, 11) is 0. The standard InChI is InChI=1S/C28H36N6O/c1-7-25(26-30-31-32-34(26)28(4,5)6)33(15-14-21-11-9-8-10-20(21)3)18-23-17-22-16-19(2)12-13-24(22)29-27(23)35/h8-13,16-17,25H,7,14-15,18H2,1-6H3,(H,29,35)/t25-/m0/s1. The second-order valence-corrected chi connectivity index (χ2v) is 10.4. The molecule has 2 aromatic carbocycles. The van der Waals surface area contributed by atoms with Gasteiger partial charge in [-0.15, -0.1) is 5.10 Å². The number of fused-ring (bicyclic) bond motifs is 1. The lowest BCUT2D eigenvalue weighted by atomic mass is 10.0. The van der Waals surface area contributed by atoms with Gasteiger partial charge in [-0.2, -0.15) is 0 Å². The Morgan fingerprint density at radius 3 is 2.54 bits per heavy atom. The van der Waals surface area contributed by atoms with Crippen LogP contribution in [0.15, 0.2) is 53.3 Å². The average Bonchev–Trinajstić information content (AvgIpc) is 3.30. The van der Waals surface area contributed by atoms with Crippen LogP contribution in [-0.4, -0.2) is 36.6 Å². The minimum Gasteiger partial charge on any atom is -0.322 e. The third kappa shape index (κ3) is 5.51. The van der Waals surface area contributed by atoms with Crippen LogP contribution in [0.3, 0.4) is 0 Å². The highest BCUT2D eigenvalue weighted by atomic mass is 16.1. The Hall–Kier alpha value is -3.32. The molecule has 7 nitrogen and oxygen atoms in total. The molecule has 0 spiro atoms. The highest BCUT2D eigenvalue weighted by Crippen LogP contribution is 2.28. The molecule has 7 heteroatoms. The van der Waals surface area contributed by atoms with Crippen LogP contribution in [-0.2, 0) is 18.5 Å². The Balaban J connectivity index is 1.73. The van der Waals surface area contributed by atoms with E-state index in [1.54, 1.807) is 0 Å². The van der Waals surface area contributed by atoms with Crippen molar-refractivity contribution in [1.29, 1.82) is 0 Å². The van der Waals surface area contributed by atoms with Gasteiger partial charge >= 0.3 is 0 Å². The van der Waals surface area contributed by atoms with E-state index in [2.05, 4.69) is 97.3 Å². The zero-order valence-corrected chi connectivity index (χ0v) is 21.7. The third-order valence-corrected chi connectivity index (χ3v) is 6.63. The maximum Gasteiger partial charge on any atom is 0.252 e. The van der Waals surface area contributed by atoms with E-state index in [1.165, 1.54) is 16.7 Å². The molecular weight excluding hydrogens is 436 g/mol. The van der Waals surface area contributed by atoms with Crippen LogP contribution in [0, 0.1) is 13.8 Å². The second-order valence-electron chi connectivity index (χ2n) is 10.4. The number of aromatic amines is 1. The van der Waals surface area contributed by atoms with Crippen molar-refractivity contribution in [3.05, 3.63) is 87.0 Å². The lowest BCUT2D eigenvalue weighted by molar-refractivity contribution is 0.163. The largest absolute Gasteiger partial charge is 0.322 e. The molecule has 4 rings (SSSR count). The van der Waals surface area contributed by atoms with Crippen molar-refractivity contribution in [2.24, 2.45) is 0 Å². The summed E-state index contributed by atoms with van der Waals surface area (Å²) in [6.45, 7) is 14.0. The Morgan fingerprint density at radius 2 is 1.83 bits per heavy atom. The van der Waals surface area contributed by atoms with Gasteiger partial charge in [-0.25, -0.2) is 4.68 Å². The van der Waals surface area contributed by atoms with E-state index in [9.17, 15) is 4.79 Å². The molecule has 0 aliphatic carbocycles. The van der Waals surface area contributed by atoms with Gasteiger partial charge < -0.3 is 4.98 Å². The number of rotatable bonds is 8. The Labute approximate surface area is 207 Å². The lowest BCUT2D eigenvalue weighted by Gasteiger charge is -2.32. The van der Waals surface area contributed by atoms with Gasteiger partial charge in [-0.05, 0) is 92.6 Å². The van der Waals surface area contributed by atoms with Crippen molar-refractivity contribution in [3.8, 4) is 0 Å². The number of pyridine rings is 1. The number of hydrogen-bond acceptors (Lipinski definition) is 5. The second kappa shape index (κ2) is 10.1. The van der Waals surface area contributed by atoms with Crippen LogP contribution in [0.1, 0.15) is 68.2 Å². The molecule has 1 N–H and O–H groups in total. The summed E-state index contributed by atoms with van der Waals surface area (Å²) in [4.78, 5) is 18.5. The molecule has 35 heavy (non-hydrogen) atoms. The van der Waals surface area contributed by atoms with Crippen LogP contribution in [0.25, 0.3) is 10.9 Å². The zero-order chi connectivity index (χ0) is 25.2. The van der Waals surface area contributed by atoms with Gasteiger partial charge in [-0.3, -0.25) is 9.69 Å². The molecule has 0 fully saturated rings. The quantitative estimate of drug-likeness (QED) is 0.387. The molecule has 0 bridgehead atoms. The highest BCUT2D eigenvalue weighted by Gasteiger charge is 2.29. The summed E-state index contributed by atoms with van der Waals surface area (Å²) in [5.41, 5.74) is 5.08. The van der Waals surface area contributed by atoms with Crippen molar-refractivity contribution in [1.82, 2.24) is 30.1 Å². The number of nitrogens with one attached hydrogen (secondary N) is 1. The molecule has 2 aromatic heterocycles. The van der Waals surface area contributed by atoms with E-state index in [1.807, 2.05) is 22.9 Å². The molecule has 0 aliphatic rings. The number of benzene rings is 2. The molecule has 0 saturated carbocycles. The maximum absolute atomic E-state index is 13.1. The summed E-state index contributed by atoms with van der Waals surface area (Å²) in [6.07, 6.45) is 1.71. The fraction of sp³-hybridized carbons (Fsp3) is 0.429. The number of H-pyrrole nitrogens is 1. The number of aromatic nitrogens is 5. The molecule has 0 unspecified atom stereocenters. The Bertz CT molecular complexity index is 1360. The highest BCUT2D eigenvalue weighted by molar-refractivity contribution is 5.79. The normalized spacial score (nSPS) is 13.0. The van der Waals surface area contributed by atoms with Gasteiger partial charge in [0.05, 0.1) is 11.6 Å². The van der Waals surface area contributed by atoms with Gasteiger partial charge in [-0.1, -0.05) is 42.8 Å². The van der Waals surface area contributed by atoms with E-state index in [-0.39, 0.29) is 17.1 Å². The number of hydrogen-bond donors (Lipinski definition) is 1. The van der Waals surface area contributed by atoms with Gasteiger partial charge in [0.15, 0.2) is 5.82 Å². The predicted molar refractivity (Wildman–Crippen MR) is 140 cm³/mol. The fourth-order valence-electron chi connectivity index (χ4n) is 4.69. The molecular formula is C28H36N6O. The zero-order valence-electron chi connectivity index (χ0n) is 21.7. The number of nitrogens with zero attached hydrogens (tertiary/aromatic N) is 5. The molecule has 4 aromatic rings. The van der Waals surface area contributed by atoms with E-state index in [0.29, 0.717) is 6.54 Å². The summed E-state index contributed by atoms with van der Waals surface area (Å²) in [5.74, 6) is 0.831. The summed E-state index contributed by atoms with van der Waals surface area (Å²) < 4.78 is 1.91. The fourth-order valence-corrected chi connectivity index (χ4v) is 4.69. The molecule has 1 atom stereocenters. The number of tetrazole rings is 1. The molecule has 184 valence electrons. The monoisotopic (exact) mass is 472 g/mol. The predicted octanol–water partition coefficient (Wildman–Crippen LogP) is 5.08. The molecule has 0 saturated heterocycles. The molecule has 2 heterocycles. The van der Waals surface area contributed by atoms with E-state index in [4.69, 9.17) is 0 Å². The van der Waals surface area contributed by atoms with E-state index >= 15 is 0 Å². The van der Waals surface area contributed by atoms with Gasteiger partial charge in [0.1, 0.15) is 0 Å². The smallest absolute Gasteiger partial charge is 0.252 e. The first-order valence-electron chi connectivity index (χ1n) is 12.4. The molecule has 0 amide bonds. The molecule has 0 radical (unpaired) electrons. The van der Waals surface area contributed by atoms with Crippen molar-refractivity contribution in [3.63, 3.8) is 0 Å². The van der Waals surface area contributed by atoms with Crippen LogP contribution in [0.2, 0.25) is 0 Å². The van der Waals surface area contributed by atoms with E-state index in [0.717, 1.165) is 41.7 Å². The first-order chi connectivity index (χ1) is 16.7. The first kappa shape index (κ1) is 24.8. The topological polar surface area (TPSA) is 79.7 Å². The van der Waals surface area contributed by atoms with Crippen molar-refractivity contribution >= 4 is 10.9 Å². The molecule has 0 aliphatic heterocycles. The van der Waals surface area contributed by atoms with Crippen molar-refractivity contribution in [2.75, 3.05) is 6.54 Å². The van der Waals surface area contributed by atoms with Crippen LogP contribution in [0.4, 0.5) is 0 Å². The van der Waals surface area contributed by atoms with Crippen LogP contribution in [0.5, 0.6) is 0 Å². The summed E-state index contributed by atoms with van der Waals surface area (Å²) >= 11 is 0. The van der Waals surface area contributed by atoms with Gasteiger partial charge in [0.25, 0.3) is 5.56 Å². The van der Waals surface area contributed by atoms with Crippen LogP contribution >= 0.6 is 0 Å². The maximum atomic E-state index is 13.1. The lowest BCUT2D eigenvalue weighted by Crippen LogP contribution is -2.36. The Kier molecular flexibility index (Phi) is 7.17. The van der Waals surface area contributed by atoms with Crippen LogP contribution < -0.4 is 5.56 Å². The minimum atomic E-state index is -0.244. The first-order valence-corrected chi connectivity index (χ1v) is 12.4. The number of aryl methyl sites for hydroxylation is 2. The average molecular weight is 473 g/mol. The van der Waals surface area contributed by atoms with E-state index < -0.39 is 0 Å². The Morgan fingerprint density at radius 1 is 1.06 bits per heavy atom. The SMILES string of the molecule is CC[C@@H](c1nnnn1C(C)(C)C)N(CCc1ccccc1C)Cc1cc2cc(C)ccc2[nH]c1=O. The summed E-state index contributed by atoms with van der Waals surface area (Å²) in [6, 6.07) is 16.6. The third-order valence-electron chi connectivity index (χ3n) is 6.63. The minimum absolute atomic E-state index is 0.0270. The summed E-state index contributed by atoms with van der Waals surface area (Å²) in [5, 5.41) is 13.8. The van der Waals surface area contributed by atoms with Crippen molar-refractivity contribution in [2.45, 2.75) is 72.5 Å².